The summed E-state index contributed by atoms with van der Waals surface area (Å²) in [4.78, 5) is 11.8. The Labute approximate surface area is 141 Å². The topological polar surface area (TPSA) is 47.6 Å². The van der Waals surface area contributed by atoms with Gasteiger partial charge in [-0.3, -0.25) is 4.79 Å². The van der Waals surface area contributed by atoms with Gasteiger partial charge in [-0.05, 0) is 41.5 Å². The lowest BCUT2D eigenvalue weighted by atomic mass is 10.1. The van der Waals surface area contributed by atoms with Gasteiger partial charge in [0, 0.05) is 12.6 Å². The van der Waals surface area contributed by atoms with Gasteiger partial charge in [0.1, 0.15) is 0 Å². The van der Waals surface area contributed by atoms with E-state index < -0.39 is 11.7 Å². The first-order chi connectivity index (χ1) is 11.9. The molecule has 0 atom stereocenters. The predicted molar refractivity (Wildman–Crippen MR) is 84.9 cm³/mol. The van der Waals surface area contributed by atoms with Crippen molar-refractivity contribution in [3.8, 4) is 11.5 Å². The number of carbonyl (C=O) groups excluding carboxylic acids is 1. The van der Waals surface area contributed by atoms with Crippen molar-refractivity contribution < 1.29 is 27.4 Å². The van der Waals surface area contributed by atoms with E-state index in [1.807, 2.05) is 0 Å². The number of hydrogen-bond acceptors (Lipinski definition) is 3. The summed E-state index contributed by atoms with van der Waals surface area (Å²) in [5, 5.41) is 2.62. The van der Waals surface area contributed by atoms with E-state index in [2.05, 4.69) is 5.32 Å². The van der Waals surface area contributed by atoms with Crippen LogP contribution < -0.4 is 14.8 Å². The quantitative estimate of drug-likeness (QED) is 0.855. The summed E-state index contributed by atoms with van der Waals surface area (Å²) < 4.78 is 47.9. The normalized spacial score (nSPS) is 13.2. The zero-order valence-corrected chi connectivity index (χ0v) is 13.0. The highest BCUT2D eigenvalue weighted by atomic mass is 19.4. The van der Waals surface area contributed by atoms with Crippen LogP contribution in [0.15, 0.2) is 48.5 Å². The summed E-state index contributed by atoms with van der Waals surface area (Å²) >= 11 is 0. The molecule has 2 aromatic carbocycles. The molecule has 1 N–H and O–H groups in total. The minimum atomic E-state index is -4.37. The van der Waals surface area contributed by atoms with E-state index in [0.717, 1.165) is 17.7 Å². The van der Waals surface area contributed by atoms with Gasteiger partial charge in [-0.25, -0.2) is 0 Å². The van der Waals surface area contributed by atoms with Gasteiger partial charge < -0.3 is 14.8 Å². The Hall–Kier alpha value is -2.96. The second-order valence-corrected chi connectivity index (χ2v) is 5.36. The lowest BCUT2D eigenvalue weighted by Gasteiger charge is -2.07. The fraction of sp³-hybridized carbons (Fsp3) is 0.167. The minimum absolute atomic E-state index is 0.141. The molecular formula is C18H14F3NO3. The first-order valence-corrected chi connectivity index (χ1v) is 7.43. The van der Waals surface area contributed by atoms with Crippen LogP contribution in [0.2, 0.25) is 0 Å². The van der Waals surface area contributed by atoms with E-state index >= 15 is 0 Å². The molecule has 25 heavy (non-hydrogen) atoms. The van der Waals surface area contributed by atoms with Crippen LogP contribution in [0.1, 0.15) is 16.7 Å². The van der Waals surface area contributed by atoms with Crippen molar-refractivity contribution in [3.05, 3.63) is 65.2 Å². The molecule has 1 amide bonds. The second kappa shape index (κ2) is 6.88. The first kappa shape index (κ1) is 16.9. The van der Waals surface area contributed by atoms with Gasteiger partial charge >= 0.3 is 6.18 Å². The third-order valence-corrected chi connectivity index (χ3v) is 3.57. The molecule has 0 bridgehead atoms. The van der Waals surface area contributed by atoms with Crippen molar-refractivity contribution in [1.82, 2.24) is 5.32 Å². The van der Waals surface area contributed by atoms with Crippen LogP contribution >= 0.6 is 0 Å². The maximum absolute atomic E-state index is 12.5. The van der Waals surface area contributed by atoms with Crippen LogP contribution in [0.5, 0.6) is 11.5 Å². The van der Waals surface area contributed by atoms with Gasteiger partial charge in [0.2, 0.25) is 12.7 Å². The molecule has 0 fully saturated rings. The van der Waals surface area contributed by atoms with Crippen molar-refractivity contribution in [1.29, 1.82) is 0 Å². The molecule has 0 radical (unpaired) electrons. The third kappa shape index (κ3) is 4.32. The molecule has 1 aliphatic heterocycles. The van der Waals surface area contributed by atoms with Gasteiger partial charge in [0.05, 0.1) is 5.56 Å². The molecule has 0 saturated carbocycles. The largest absolute Gasteiger partial charge is 0.454 e. The minimum Gasteiger partial charge on any atom is -0.454 e. The van der Waals surface area contributed by atoms with Crippen LogP contribution in [0.3, 0.4) is 0 Å². The molecule has 4 nitrogen and oxygen atoms in total. The maximum Gasteiger partial charge on any atom is 0.416 e. The summed E-state index contributed by atoms with van der Waals surface area (Å²) in [5.41, 5.74) is 0.636. The van der Waals surface area contributed by atoms with Crippen LogP contribution in [0.25, 0.3) is 6.08 Å². The van der Waals surface area contributed by atoms with E-state index in [1.165, 1.54) is 18.2 Å². The number of nitrogens with one attached hydrogen (secondary N) is 1. The monoisotopic (exact) mass is 349 g/mol. The van der Waals surface area contributed by atoms with Crippen LogP contribution in [-0.4, -0.2) is 12.7 Å². The predicted octanol–water partition coefficient (Wildman–Crippen LogP) is 3.76. The highest BCUT2D eigenvalue weighted by Crippen LogP contribution is 2.32. The summed E-state index contributed by atoms with van der Waals surface area (Å²) in [6.07, 6.45) is -1.40. The smallest absolute Gasteiger partial charge is 0.416 e. The van der Waals surface area contributed by atoms with Gasteiger partial charge in [-0.1, -0.05) is 18.2 Å². The number of alkyl halides is 3. The second-order valence-electron chi connectivity index (χ2n) is 5.36. The zero-order valence-electron chi connectivity index (χ0n) is 13.0. The van der Waals surface area contributed by atoms with E-state index in [4.69, 9.17) is 9.47 Å². The summed E-state index contributed by atoms with van der Waals surface area (Å²) in [7, 11) is 0. The Bertz CT molecular complexity index is 798. The summed E-state index contributed by atoms with van der Waals surface area (Å²) in [5.74, 6) is 0.925. The maximum atomic E-state index is 12.5. The van der Waals surface area contributed by atoms with Gasteiger partial charge in [0.25, 0.3) is 0 Å². The zero-order chi connectivity index (χ0) is 17.9. The first-order valence-electron chi connectivity index (χ1n) is 7.43. The fourth-order valence-electron chi connectivity index (χ4n) is 2.25. The summed E-state index contributed by atoms with van der Waals surface area (Å²) in [6, 6.07) is 9.94. The Morgan fingerprint density at radius 1 is 1.08 bits per heavy atom. The molecule has 1 heterocycles. The standard InChI is InChI=1S/C18H14F3NO3/c19-18(20,21)14-5-1-13(2-6-14)10-22-17(23)8-4-12-3-7-15-16(9-12)25-11-24-15/h1-9H,10-11H2,(H,22,23). The third-order valence-electron chi connectivity index (χ3n) is 3.57. The molecule has 0 saturated heterocycles. The average molecular weight is 349 g/mol. The lowest BCUT2D eigenvalue weighted by molar-refractivity contribution is -0.137. The number of ether oxygens (including phenoxy) is 2. The van der Waals surface area contributed by atoms with E-state index in [0.29, 0.717) is 17.1 Å². The Balaban J connectivity index is 1.54. The highest BCUT2D eigenvalue weighted by molar-refractivity contribution is 5.91. The van der Waals surface area contributed by atoms with E-state index in [9.17, 15) is 18.0 Å². The SMILES string of the molecule is O=C(C=Cc1ccc2c(c1)OCO2)NCc1ccc(C(F)(F)F)cc1. The number of rotatable bonds is 4. The van der Waals surface area contributed by atoms with Crippen molar-refractivity contribution in [2.45, 2.75) is 12.7 Å². The number of fused-ring (bicyclic) bond motifs is 1. The number of benzene rings is 2. The molecule has 130 valence electrons. The summed E-state index contributed by atoms with van der Waals surface area (Å²) in [6.45, 7) is 0.318. The number of amides is 1. The van der Waals surface area contributed by atoms with Crippen LogP contribution in [0.4, 0.5) is 13.2 Å². The van der Waals surface area contributed by atoms with Crippen LogP contribution in [0, 0.1) is 0 Å². The van der Waals surface area contributed by atoms with Gasteiger partial charge in [-0.2, -0.15) is 13.2 Å². The lowest BCUT2D eigenvalue weighted by Crippen LogP contribution is -2.20. The molecule has 0 unspecified atom stereocenters. The molecule has 7 heteroatoms. The Morgan fingerprint density at radius 2 is 1.80 bits per heavy atom. The van der Waals surface area contributed by atoms with Crippen molar-refractivity contribution in [3.63, 3.8) is 0 Å². The Kier molecular flexibility index (Phi) is 4.65. The average Bonchev–Trinajstić information content (AvgIpc) is 3.05. The van der Waals surface area contributed by atoms with Gasteiger partial charge in [-0.15, -0.1) is 0 Å². The fourth-order valence-corrected chi connectivity index (χ4v) is 2.25. The molecule has 0 aromatic heterocycles. The Morgan fingerprint density at radius 3 is 2.52 bits per heavy atom. The highest BCUT2D eigenvalue weighted by Gasteiger charge is 2.29. The van der Waals surface area contributed by atoms with Crippen molar-refractivity contribution >= 4 is 12.0 Å². The van der Waals surface area contributed by atoms with Crippen molar-refractivity contribution in [2.75, 3.05) is 6.79 Å². The van der Waals surface area contributed by atoms with Crippen molar-refractivity contribution in [2.24, 2.45) is 0 Å². The molecule has 0 spiro atoms. The number of halogens is 3. The molecule has 3 rings (SSSR count). The molecule has 1 aliphatic rings. The van der Waals surface area contributed by atoms with E-state index in [-0.39, 0.29) is 19.2 Å². The van der Waals surface area contributed by atoms with Gasteiger partial charge in [0.15, 0.2) is 11.5 Å². The molecule has 0 aliphatic carbocycles. The molecule has 2 aromatic rings. The number of hydrogen-bond donors (Lipinski definition) is 1. The molecular weight excluding hydrogens is 335 g/mol. The van der Waals surface area contributed by atoms with E-state index in [1.54, 1.807) is 24.3 Å². The number of carbonyl (C=O) groups is 1. The van der Waals surface area contributed by atoms with Crippen LogP contribution in [-0.2, 0) is 17.5 Å².